The number of hydrogen-bond acceptors (Lipinski definition) is 9. The zero-order valence-corrected chi connectivity index (χ0v) is 18.4. The lowest BCUT2D eigenvalue weighted by Crippen LogP contribution is -2.45. The maximum atomic E-state index is 11.3. The molecule has 0 aromatic carbocycles. The van der Waals surface area contributed by atoms with E-state index >= 15 is 0 Å². The second-order valence-electron chi connectivity index (χ2n) is 6.88. The van der Waals surface area contributed by atoms with Gasteiger partial charge in [0.05, 0.1) is 0 Å². The number of nitrogens with one attached hydrogen (secondary N) is 1. The number of rotatable bonds is 8. The molecule has 0 aromatic heterocycles. The van der Waals surface area contributed by atoms with Crippen molar-refractivity contribution in [2.75, 3.05) is 12.9 Å². The van der Waals surface area contributed by atoms with Crippen LogP contribution in [0.5, 0.6) is 0 Å². The fourth-order valence-corrected chi connectivity index (χ4v) is 4.75. The van der Waals surface area contributed by atoms with Crippen LogP contribution in [-0.2, 0) is 33.5 Å². The van der Waals surface area contributed by atoms with E-state index in [2.05, 4.69) is 5.32 Å². The fraction of sp³-hybridized carbons (Fsp3) is 0.933. The van der Waals surface area contributed by atoms with E-state index in [1.165, 1.54) is 18.9 Å². The van der Waals surface area contributed by atoms with Crippen molar-refractivity contribution in [3.05, 3.63) is 0 Å². The second kappa shape index (κ2) is 9.18. The van der Waals surface area contributed by atoms with E-state index in [1.807, 2.05) is 13.8 Å². The molecule has 158 valence electrons. The van der Waals surface area contributed by atoms with Crippen LogP contribution in [0.15, 0.2) is 0 Å². The van der Waals surface area contributed by atoms with Gasteiger partial charge in [-0.15, -0.1) is 0 Å². The Balaban J connectivity index is 2.08. The van der Waals surface area contributed by atoms with Gasteiger partial charge in [-0.25, -0.2) is 4.18 Å². The monoisotopic (exact) mass is 445 g/mol. The molecule has 2 heterocycles. The molecule has 2 aliphatic heterocycles. The number of thiocarbonyl (C=S) groups is 1. The molecule has 0 amide bonds. The Kier molecular flexibility index (Phi) is 7.90. The smallest absolute Gasteiger partial charge is 0.376 e. The number of thioether (sulfide) groups is 1. The zero-order chi connectivity index (χ0) is 20.4. The quantitative estimate of drug-likeness (QED) is 0.418. The lowest BCUT2D eigenvalue weighted by Gasteiger charge is -2.29. The highest BCUT2D eigenvalue weighted by molar-refractivity contribution is 8.23. The van der Waals surface area contributed by atoms with Crippen molar-refractivity contribution in [2.24, 2.45) is 0 Å². The van der Waals surface area contributed by atoms with Gasteiger partial charge in [-0.1, -0.05) is 30.9 Å². The van der Waals surface area contributed by atoms with Gasteiger partial charge in [0.1, 0.15) is 28.7 Å². The van der Waals surface area contributed by atoms with Crippen molar-refractivity contribution >= 4 is 38.7 Å². The van der Waals surface area contributed by atoms with E-state index in [1.54, 1.807) is 13.8 Å². The summed E-state index contributed by atoms with van der Waals surface area (Å²) in [5.41, 5.74) is 0. The van der Waals surface area contributed by atoms with E-state index in [-0.39, 0.29) is 11.8 Å². The van der Waals surface area contributed by atoms with Crippen LogP contribution in [-0.4, -0.2) is 72.7 Å². The molecule has 2 N–H and O–H groups in total. The Morgan fingerprint density at radius 1 is 1.41 bits per heavy atom. The van der Waals surface area contributed by atoms with Crippen molar-refractivity contribution in [2.45, 2.75) is 76.7 Å². The van der Waals surface area contributed by atoms with E-state index < -0.39 is 46.9 Å². The summed E-state index contributed by atoms with van der Waals surface area (Å²) in [5.74, 6) is -0.720. The van der Waals surface area contributed by atoms with Gasteiger partial charge in [0, 0.05) is 18.9 Å². The molecule has 27 heavy (non-hydrogen) atoms. The Hall–Kier alpha value is -0.0500. The third-order valence-electron chi connectivity index (χ3n) is 4.27. The average Bonchev–Trinajstić information content (AvgIpc) is 3.01. The first-order valence-corrected chi connectivity index (χ1v) is 11.3. The molecule has 2 rings (SSSR count). The lowest BCUT2D eigenvalue weighted by atomic mass is 10.1. The molecule has 2 unspecified atom stereocenters. The molecular weight excluding hydrogens is 418 g/mol. The summed E-state index contributed by atoms with van der Waals surface area (Å²) in [5, 5.41) is 3.12. The van der Waals surface area contributed by atoms with Gasteiger partial charge < -0.3 is 24.3 Å². The number of methoxy groups -OCH3 is 1. The highest BCUT2D eigenvalue weighted by Crippen LogP contribution is 2.40. The highest BCUT2D eigenvalue weighted by atomic mass is 32.3. The highest BCUT2D eigenvalue weighted by Gasteiger charge is 2.57. The first-order chi connectivity index (χ1) is 12.5. The lowest BCUT2D eigenvalue weighted by molar-refractivity contribution is -0.224. The van der Waals surface area contributed by atoms with Gasteiger partial charge in [-0.3, -0.25) is 4.55 Å². The maximum absolute atomic E-state index is 11.3. The zero-order valence-electron chi connectivity index (χ0n) is 15.9. The van der Waals surface area contributed by atoms with Crippen LogP contribution in [0.25, 0.3) is 0 Å². The van der Waals surface area contributed by atoms with Gasteiger partial charge in [-0.05, 0) is 27.2 Å². The topological polar surface area (TPSA) is 113 Å². The van der Waals surface area contributed by atoms with Gasteiger partial charge in [0.2, 0.25) is 0 Å². The molecule has 0 aromatic rings. The Bertz CT molecular complexity index is 629. The molecule has 9 nitrogen and oxygen atoms in total. The second-order valence-corrected chi connectivity index (χ2v) is 9.63. The molecule has 2 fully saturated rings. The maximum Gasteiger partial charge on any atom is 0.397 e. The van der Waals surface area contributed by atoms with Crippen molar-refractivity contribution in [1.82, 2.24) is 5.32 Å². The number of fused-ring (bicyclic) bond motifs is 1. The van der Waals surface area contributed by atoms with Crippen LogP contribution < -0.4 is 5.32 Å². The molecule has 2 aliphatic rings. The fourth-order valence-electron chi connectivity index (χ4n) is 2.91. The summed E-state index contributed by atoms with van der Waals surface area (Å²) >= 11 is 6.46. The SMILES string of the molecule is CCC(C)NC(=S)SCC(OS(=O)(=O)O)[C@H]1O[C@@H]2OC(C)(C)O[C@@H]2[C@H]1OC. The molecule has 0 radical (unpaired) electrons. The van der Waals surface area contributed by atoms with Crippen LogP contribution in [0.3, 0.4) is 0 Å². The summed E-state index contributed by atoms with van der Waals surface area (Å²) in [7, 11) is -3.25. The van der Waals surface area contributed by atoms with Crippen LogP contribution in [0, 0.1) is 0 Å². The largest absolute Gasteiger partial charge is 0.397 e. The molecule has 0 aliphatic carbocycles. The molecule has 0 saturated carbocycles. The van der Waals surface area contributed by atoms with Gasteiger partial charge >= 0.3 is 10.4 Å². The molecular formula is C15H27NO8S3. The molecule has 2 saturated heterocycles. The van der Waals surface area contributed by atoms with Crippen LogP contribution >= 0.6 is 24.0 Å². The normalized spacial score (nSPS) is 32.1. The van der Waals surface area contributed by atoms with E-state index in [9.17, 15) is 13.0 Å². The van der Waals surface area contributed by atoms with E-state index in [0.29, 0.717) is 4.32 Å². The van der Waals surface area contributed by atoms with Crippen LogP contribution in [0.4, 0.5) is 0 Å². The molecule has 6 atom stereocenters. The van der Waals surface area contributed by atoms with Crippen molar-refractivity contribution in [3.63, 3.8) is 0 Å². The minimum absolute atomic E-state index is 0.120. The van der Waals surface area contributed by atoms with Gasteiger partial charge in [0.15, 0.2) is 12.1 Å². The number of hydrogen-bond donors (Lipinski definition) is 2. The Morgan fingerprint density at radius 2 is 2.07 bits per heavy atom. The molecule has 0 spiro atoms. The Labute approximate surface area is 169 Å². The first kappa shape index (κ1) is 23.2. The average molecular weight is 446 g/mol. The Morgan fingerprint density at radius 3 is 2.63 bits per heavy atom. The summed E-state index contributed by atoms with van der Waals surface area (Å²) < 4.78 is 59.9. The minimum Gasteiger partial charge on any atom is -0.376 e. The van der Waals surface area contributed by atoms with Crippen molar-refractivity contribution in [1.29, 1.82) is 0 Å². The minimum atomic E-state index is -4.71. The van der Waals surface area contributed by atoms with Crippen LogP contribution in [0.2, 0.25) is 0 Å². The van der Waals surface area contributed by atoms with E-state index in [0.717, 1.165) is 6.42 Å². The summed E-state index contributed by atoms with van der Waals surface area (Å²) in [6, 6.07) is 0.184. The van der Waals surface area contributed by atoms with Crippen LogP contribution in [0.1, 0.15) is 34.1 Å². The van der Waals surface area contributed by atoms with Gasteiger partial charge in [-0.2, -0.15) is 8.42 Å². The van der Waals surface area contributed by atoms with Crippen molar-refractivity contribution in [3.8, 4) is 0 Å². The standard InChI is InChI=1S/C15H27NO8S3/c1-6-8(2)16-14(25)26-7-9(24-27(17,18)19)10-11(20-5)12-13(21-10)23-15(3,4)22-12/h8-13H,6-7H2,1-5H3,(H,16,25)(H,17,18,19)/t8?,9?,10-,11+,12-,13-/m1/s1. The van der Waals surface area contributed by atoms with E-state index in [4.69, 9.17) is 35.3 Å². The predicted octanol–water partition coefficient (Wildman–Crippen LogP) is 1.47. The summed E-state index contributed by atoms with van der Waals surface area (Å²) in [4.78, 5) is 0. The summed E-state index contributed by atoms with van der Waals surface area (Å²) in [6.45, 7) is 7.50. The molecule has 12 heteroatoms. The first-order valence-electron chi connectivity index (χ1n) is 8.58. The predicted molar refractivity (Wildman–Crippen MR) is 104 cm³/mol. The van der Waals surface area contributed by atoms with Gasteiger partial charge in [0.25, 0.3) is 0 Å². The molecule has 0 bridgehead atoms. The third-order valence-corrected chi connectivity index (χ3v) is 6.10. The number of ether oxygens (including phenoxy) is 4. The van der Waals surface area contributed by atoms with Crippen molar-refractivity contribution < 1.29 is 36.1 Å². The summed E-state index contributed by atoms with van der Waals surface area (Å²) in [6.07, 6.45) is -2.90. The third kappa shape index (κ3) is 6.47.